The van der Waals surface area contributed by atoms with Crippen LogP contribution in [0.25, 0.3) is 0 Å². The van der Waals surface area contributed by atoms with Gasteiger partial charge in [-0.25, -0.2) is 13.1 Å². The third-order valence-corrected chi connectivity index (χ3v) is 5.62. The summed E-state index contributed by atoms with van der Waals surface area (Å²) in [5.74, 6) is 0. The van der Waals surface area contributed by atoms with E-state index in [2.05, 4.69) is 4.72 Å². The second-order valence-electron chi connectivity index (χ2n) is 4.85. The lowest BCUT2D eigenvalue weighted by Gasteiger charge is -2.09. The van der Waals surface area contributed by atoms with E-state index in [1.807, 2.05) is 13.8 Å². The topological polar surface area (TPSA) is 75.6 Å². The molecule has 0 aromatic carbocycles. The van der Waals surface area contributed by atoms with Gasteiger partial charge in [0.05, 0.1) is 17.6 Å². The summed E-state index contributed by atoms with van der Waals surface area (Å²) in [5, 5.41) is 10.9. The fourth-order valence-electron chi connectivity index (χ4n) is 1.78. The van der Waals surface area contributed by atoms with E-state index in [9.17, 15) is 13.5 Å². The molecule has 0 aliphatic rings. The Bertz CT molecular complexity index is 508. The number of rotatable bonds is 9. The van der Waals surface area contributed by atoms with Gasteiger partial charge in [-0.15, -0.1) is 11.3 Å². The van der Waals surface area contributed by atoms with Gasteiger partial charge in [0.1, 0.15) is 4.90 Å². The molecule has 1 heterocycles. The smallest absolute Gasteiger partial charge is 0.242 e. The summed E-state index contributed by atoms with van der Waals surface area (Å²) >= 11 is 1.26. The first-order chi connectivity index (χ1) is 9.38. The summed E-state index contributed by atoms with van der Waals surface area (Å²) in [7, 11) is -3.53. The molecule has 5 nitrogen and oxygen atoms in total. The quantitative estimate of drug-likeness (QED) is 0.682. The third kappa shape index (κ3) is 5.14. The summed E-state index contributed by atoms with van der Waals surface area (Å²) < 4.78 is 32.3. The first kappa shape index (κ1) is 17.6. The Balaban J connectivity index is 2.48. The lowest BCUT2D eigenvalue weighted by Crippen LogP contribution is -2.26. The molecule has 1 rings (SSSR count). The van der Waals surface area contributed by atoms with Crippen molar-refractivity contribution in [2.24, 2.45) is 0 Å². The lowest BCUT2D eigenvalue weighted by molar-refractivity contribution is 0.0762. The van der Waals surface area contributed by atoms with E-state index in [1.54, 1.807) is 12.3 Å². The summed E-state index contributed by atoms with van der Waals surface area (Å²) in [6.45, 7) is 6.44. The maximum absolute atomic E-state index is 12.2. The van der Waals surface area contributed by atoms with E-state index in [4.69, 9.17) is 4.74 Å². The molecule has 0 aliphatic heterocycles. The van der Waals surface area contributed by atoms with Crippen molar-refractivity contribution in [3.63, 3.8) is 0 Å². The molecule has 0 spiro atoms. The van der Waals surface area contributed by atoms with Crippen LogP contribution in [-0.2, 0) is 21.4 Å². The minimum Gasteiger partial charge on any atom is -0.391 e. The molecular weight excluding hydrogens is 298 g/mol. The van der Waals surface area contributed by atoms with Gasteiger partial charge < -0.3 is 9.84 Å². The van der Waals surface area contributed by atoms with Gasteiger partial charge in [0, 0.05) is 13.2 Å². The van der Waals surface area contributed by atoms with Crippen molar-refractivity contribution in [2.45, 2.75) is 51.2 Å². The molecular formula is C13H23NO4S2. The Hall–Kier alpha value is -0.470. The van der Waals surface area contributed by atoms with Crippen LogP contribution in [-0.4, -0.2) is 32.8 Å². The highest BCUT2D eigenvalue weighted by molar-refractivity contribution is 7.89. The highest BCUT2D eigenvalue weighted by atomic mass is 32.2. The molecule has 0 saturated heterocycles. The zero-order valence-electron chi connectivity index (χ0n) is 12.2. The van der Waals surface area contributed by atoms with Crippen LogP contribution in [0, 0.1) is 6.92 Å². The van der Waals surface area contributed by atoms with Gasteiger partial charge in [-0.05, 0) is 44.6 Å². The van der Waals surface area contributed by atoms with Crippen molar-refractivity contribution in [1.29, 1.82) is 0 Å². The highest BCUT2D eigenvalue weighted by Crippen LogP contribution is 2.26. The average Bonchev–Trinajstić information content (AvgIpc) is 2.75. The van der Waals surface area contributed by atoms with Crippen molar-refractivity contribution >= 4 is 21.4 Å². The number of thiophene rings is 1. The van der Waals surface area contributed by atoms with Crippen molar-refractivity contribution in [3.05, 3.63) is 15.8 Å². The molecule has 1 aromatic heterocycles. The predicted molar refractivity (Wildman–Crippen MR) is 80.5 cm³/mol. The Morgan fingerprint density at radius 1 is 1.40 bits per heavy atom. The van der Waals surface area contributed by atoms with Crippen molar-refractivity contribution in [1.82, 2.24) is 4.72 Å². The number of unbranched alkanes of at least 4 members (excludes halogenated alkanes) is 1. The van der Waals surface area contributed by atoms with Crippen LogP contribution in [0.1, 0.15) is 37.1 Å². The normalized spacial score (nSPS) is 12.2. The Morgan fingerprint density at radius 2 is 2.10 bits per heavy atom. The van der Waals surface area contributed by atoms with E-state index in [-0.39, 0.29) is 17.6 Å². The van der Waals surface area contributed by atoms with Crippen LogP contribution in [0.15, 0.2) is 10.3 Å². The minimum absolute atomic E-state index is 0.201. The molecule has 20 heavy (non-hydrogen) atoms. The van der Waals surface area contributed by atoms with E-state index in [0.717, 1.165) is 12.8 Å². The molecule has 0 amide bonds. The summed E-state index contributed by atoms with van der Waals surface area (Å²) in [6, 6.07) is 0. The second-order valence-corrected chi connectivity index (χ2v) is 7.52. The van der Waals surface area contributed by atoms with Crippen LogP contribution in [0.4, 0.5) is 0 Å². The lowest BCUT2D eigenvalue weighted by atomic mass is 10.3. The van der Waals surface area contributed by atoms with Crippen LogP contribution in [0.2, 0.25) is 0 Å². The monoisotopic (exact) mass is 321 g/mol. The number of hydrogen-bond acceptors (Lipinski definition) is 5. The van der Waals surface area contributed by atoms with Crippen LogP contribution in [0.5, 0.6) is 0 Å². The predicted octanol–water partition coefficient (Wildman–Crippen LogP) is 2.03. The molecule has 116 valence electrons. The van der Waals surface area contributed by atoms with Gasteiger partial charge in [-0.1, -0.05) is 0 Å². The second kappa shape index (κ2) is 8.09. The maximum Gasteiger partial charge on any atom is 0.242 e. The Morgan fingerprint density at radius 3 is 2.70 bits per heavy atom. The first-order valence-corrected chi connectivity index (χ1v) is 9.04. The number of aliphatic hydroxyl groups is 1. The Labute approximate surface area is 125 Å². The summed E-state index contributed by atoms with van der Waals surface area (Å²) in [4.78, 5) is 0.710. The highest BCUT2D eigenvalue weighted by Gasteiger charge is 2.21. The number of nitrogens with one attached hydrogen (secondary N) is 1. The standard InChI is InChI=1S/C13H23NO4S2/c1-10(2)18-7-5-4-6-14-20(16,17)13-11(3)9-19-12(13)8-15/h9-10,14-15H,4-8H2,1-3H3. The van der Waals surface area contributed by atoms with Crippen molar-refractivity contribution in [3.8, 4) is 0 Å². The molecule has 0 aliphatic carbocycles. The van der Waals surface area contributed by atoms with Crippen molar-refractivity contribution in [2.75, 3.05) is 13.2 Å². The fraction of sp³-hybridized carbons (Fsp3) is 0.692. The van der Waals surface area contributed by atoms with Gasteiger partial charge in [0.2, 0.25) is 10.0 Å². The van der Waals surface area contributed by atoms with Crippen LogP contribution in [0.3, 0.4) is 0 Å². The molecule has 0 radical (unpaired) electrons. The van der Waals surface area contributed by atoms with E-state index >= 15 is 0 Å². The minimum atomic E-state index is -3.53. The average molecular weight is 321 g/mol. The van der Waals surface area contributed by atoms with Gasteiger partial charge in [-0.2, -0.15) is 0 Å². The molecule has 2 N–H and O–H groups in total. The third-order valence-electron chi connectivity index (χ3n) is 2.72. The van der Waals surface area contributed by atoms with Crippen LogP contribution >= 0.6 is 11.3 Å². The molecule has 0 bridgehead atoms. The van der Waals surface area contributed by atoms with Gasteiger partial charge >= 0.3 is 0 Å². The van der Waals surface area contributed by atoms with E-state index in [0.29, 0.717) is 23.6 Å². The SMILES string of the molecule is Cc1csc(CO)c1S(=O)(=O)NCCCCOC(C)C. The Kier molecular flexibility index (Phi) is 7.11. The molecule has 0 atom stereocenters. The number of aliphatic hydroxyl groups excluding tert-OH is 1. The maximum atomic E-state index is 12.2. The molecule has 0 saturated carbocycles. The molecule has 0 unspecified atom stereocenters. The largest absolute Gasteiger partial charge is 0.391 e. The van der Waals surface area contributed by atoms with Gasteiger partial charge in [0.25, 0.3) is 0 Å². The number of sulfonamides is 1. The first-order valence-electron chi connectivity index (χ1n) is 6.67. The van der Waals surface area contributed by atoms with E-state index < -0.39 is 10.0 Å². The fourth-order valence-corrected chi connectivity index (χ4v) is 4.51. The number of hydrogen-bond donors (Lipinski definition) is 2. The molecule has 1 aromatic rings. The van der Waals surface area contributed by atoms with Gasteiger partial charge in [-0.3, -0.25) is 0 Å². The summed E-state index contributed by atoms with van der Waals surface area (Å²) in [6.07, 6.45) is 1.74. The van der Waals surface area contributed by atoms with Crippen molar-refractivity contribution < 1.29 is 18.3 Å². The van der Waals surface area contributed by atoms with Gasteiger partial charge in [0.15, 0.2) is 0 Å². The number of ether oxygens (including phenoxy) is 1. The molecule has 0 fully saturated rings. The van der Waals surface area contributed by atoms with E-state index in [1.165, 1.54) is 11.3 Å². The molecule has 7 heteroatoms. The number of aryl methyl sites for hydroxylation is 1. The zero-order chi connectivity index (χ0) is 15.2. The van der Waals surface area contributed by atoms with Crippen LogP contribution < -0.4 is 4.72 Å². The zero-order valence-corrected chi connectivity index (χ0v) is 13.8. The summed E-state index contributed by atoms with van der Waals surface area (Å²) in [5.41, 5.74) is 0.676.